The van der Waals surface area contributed by atoms with Crippen LogP contribution in [-0.2, 0) is 4.74 Å². The van der Waals surface area contributed by atoms with Crippen LogP contribution in [0.15, 0.2) is 4.52 Å². The van der Waals surface area contributed by atoms with Crippen molar-refractivity contribution in [2.75, 3.05) is 31.2 Å². The number of aromatic nitrogens is 2. The lowest BCUT2D eigenvalue weighted by atomic mass is 9.87. The molecular weight excluding hydrogens is 218 g/mol. The molecule has 2 saturated heterocycles. The van der Waals surface area contributed by atoms with Gasteiger partial charge in [0.25, 0.3) is 0 Å². The van der Waals surface area contributed by atoms with Crippen LogP contribution in [0, 0.1) is 5.41 Å². The van der Waals surface area contributed by atoms with Crippen molar-refractivity contribution < 1.29 is 9.26 Å². The molecule has 17 heavy (non-hydrogen) atoms. The molecule has 3 heterocycles. The van der Waals surface area contributed by atoms with Gasteiger partial charge in [-0.2, -0.15) is 4.98 Å². The second-order valence-electron chi connectivity index (χ2n) is 5.56. The van der Waals surface area contributed by atoms with Gasteiger partial charge >= 0.3 is 6.01 Å². The number of anilines is 1. The van der Waals surface area contributed by atoms with Gasteiger partial charge in [-0.1, -0.05) is 19.0 Å². The van der Waals surface area contributed by atoms with E-state index in [2.05, 4.69) is 28.9 Å². The third kappa shape index (κ3) is 1.92. The Morgan fingerprint density at radius 2 is 2.24 bits per heavy atom. The Balaban J connectivity index is 1.73. The first kappa shape index (κ1) is 11.0. The van der Waals surface area contributed by atoms with Crippen LogP contribution < -0.4 is 4.90 Å². The van der Waals surface area contributed by atoms with Crippen molar-refractivity contribution in [3.05, 3.63) is 5.82 Å². The smallest absolute Gasteiger partial charge is 0.324 e. The third-order valence-electron chi connectivity index (χ3n) is 3.84. The molecule has 94 valence electrons. The predicted octanol–water partition coefficient (Wildman–Crippen LogP) is 1.81. The lowest BCUT2D eigenvalue weighted by Gasteiger charge is -2.20. The van der Waals surface area contributed by atoms with E-state index in [0.717, 1.165) is 38.5 Å². The maximum Gasteiger partial charge on any atom is 0.324 e. The highest BCUT2D eigenvalue weighted by atomic mass is 16.5. The maximum atomic E-state index is 5.52. The van der Waals surface area contributed by atoms with Crippen molar-refractivity contribution in [1.82, 2.24) is 10.1 Å². The molecule has 0 bridgehead atoms. The summed E-state index contributed by atoms with van der Waals surface area (Å²) in [6.07, 6.45) is 2.33. The Kier molecular flexibility index (Phi) is 2.58. The molecule has 0 saturated carbocycles. The lowest BCUT2D eigenvalue weighted by Crippen LogP contribution is -2.27. The van der Waals surface area contributed by atoms with Crippen LogP contribution in [0.25, 0.3) is 0 Å². The lowest BCUT2D eigenvalue weighted by molar-refractivity contribution is 0.160. The molecule has 1 aromatic rings. The first-order valence-corrected chi connectivity index (χ1v) is 6.35. The molecule has 5 heteroatoms. The van der Waals surface area contributed by atoms with E-state index >= 15 is 0 Å². The largest absolute Gasteiger partial charge is 0.381 e. The zero-order valence-electron chi connectivity index (χ0n) is 10.5. The van der Waals surface area contributed by atoms with Crippen LogP contribution in [0.5, 0.6) is 0 Å². The van der Waals surface area contributed by atoms with Crippen molar-refractivity contribution in [3.8, 4) is 0 Å². The van der Waals surface area contributed by atoms with E-state index in [1.807, 2.05) is 0 Å². The van der Waals surface area contributed by atoms with Crippen LogP contribution in [0.4, 0.5) is 6.01 Å². The highest BCUT2D eigenvalue weighted by Gasteiger charge is 2.42. The standard InChI is InChI=1S/C12H19N3O2/c1-9(2)10-13-11(17-14-10)15-5-3-12(7-15)4-6-16-8-12/h9H,3-8H2,1-2H3. The van der Waals surface area contributed by atoms with Crippen LogP contribution in [0.2, 0.25) is 0 Å². The molecule has 0 N–H and O–H groups in total. The average molecular weight is 237 g/mol. The quantitative estimate of drug-likeness (QED) is 0.785. The van der Waals surface area contributed by atoms with Gasteiger partial charge in [-0.3, -0.25) is 0 Å². The minimum atomic E-state index is 0.318. The van der Waals surface area contributed by atoms with E-state index in [9.17, 15) is 0 Å². The van der Waals surface area contributed by atoms with Crippen molar-refractivity contribution in [2.24, 2.45) is 5.41 Å². The summed E-state index contributed by atoms with van der Waals surface area (Å²) in [7, 11) is 0. The van der Waals surface area contributed by atoms with E-state index in [1.165, 1.54) is 6.42 Å². The van der Waals surface area contributed by atoms with Gasteiger partial charge in [0.2, 0.25) is 0 Å². The average Bonchev–Trinajstić information content (AvgIpc) is 3.01. The Bertz CT molecular complexity index is 396. The van der Waals surface area contributed by atoms with Crippen LogP contribution in [0.3, 0.4) is 0 Å². The fraction of sp³-hybridized carbons (Fsp3) is 0.833. The number of nitrogens with zero attached hydrogens (tertiary/aromatic N) is 3. The monoisotopic (exact) mass is 237 g/mol. The van der Waals surface area contributed by atoms with Crippen molar-refractivity contribution in [3.63, 3.8) is 0 Å². The van der Waals surface area contributed by atoms with Gasteiger partial charge in [-0.15, -0.1) is 0 Å². The first-order chi connectivity index (χ1) is 8.19. The summed E-state index contributed by atoms with van der Waals surface area (Å²) in [5.41, 5.74) is 0.340. The molecule has 3 rings (SSSR count). The second-order valence-corrected chi connectivity index (χ2v) is 5.56. The second kappa shape index (κ2) is 3.98. The summed E-state index contributed by atoms with van der Waals surface area (Å²) in [6.45, 7) is 7.93. The van der Waals surface area contributed by atoms with Gasteiger partial charge in [0.15, 0.2) is 5.82 Å². The molecular formula is C12H19N3O2. The summed E-state index contributed by atoms with van der Waals surface area (Å²) in [5, 5.41) is 4.02. The third-order valence-corrected chi connectivity index (χ3v) is 3.84. The molecule has 1 spiro atoms. The number of ether oxygens (including phenoxy) is 1. The van der Waals surface area contributed by atoms with Crippen LogP contribution in [-0.4, -0.2) is 36.4 Å². The number of rotatable bonds is 2. The molecule has 1 aromatic heterocycles. The minimum Gasteiger partial charge on any atom is -0.381 e. The van der Waals surface area contributed by atoms with Crippen molar-refractivity contribution in [1.29, 1.82) is 0 Å². The van der Waals surface area contributed by atoms with E-state index in [4.69, 9.17) is 9.26 Å². The van der Waals surface area contributed by atoms with E-state index in [1.54, 1.807) is 0 Å². The molecule has 1 unspecified atom stereocenters. The van der Waals surface area contributed by atoms with Crippen LogP contribution in [0.1, 0.15) is 38.4 Å². The summed E-state index contributed by atoms with van der Waals surface area (Å²) < 4.78 is 10.9. The summed E-state index contributed by atoms with van der Waals surface area (Å²) in [5.74, 6) is 1.11. The Labute approximate surface area is 101 Å². The molecule has 5 nitrogen and oxygen atoms in total. The van der Waals surface area contributed by atoms with Gasteiger partial charge in [0.05, 0.1) is 6.61 Å². The molecule has 0 aliphatic carbocycles. The molecule has 2 aliphatic heterocycles. The van der Waals surface area contributed by atoms with E-state index in [0.29, 0.717) is 17.3 Å². The maximum absolute atomic E-state index is 5.52. The van der Waals surface area contributed by atoms with Gasteiger partial charge in [0.1, 0.15) is 0 Å². The highest BCUT2D eigenvalue weighted by Crippen LogP contribution is 2.39. The minimum absolute atomic E-state index is 0.318. The fourth-order valence-electron chi connectivity index (χ4n) is 2.66. The fourth-order valence-corrected chi connectivity index (χ4v) is 2.66. The SMILES string of the molecule is CC(C)c1noc(N2CCC3(CCOC3)C2)n1. The normalized spacial score (nSPS) is 28.8. The Morgan fingerprint density at radius 1 is 1.35 bits per heavy atom. The zero-order valence-corrected chi connectivity index (χ0v) is 10.5. The summed E-state index contributed by atoms with van der Waals surface area (Å²) in [6, 6.07) is 0.678. The van der Waals surface area contributed by atoms with Crippen molar-refractivity contribution in [2.45, 2.75) is 32.6 Å². The molecule has 1 atom stereocenters. The first-order valence-electron chi connectivity index (χ1n) is 6.35. The topological polar surface area (TPSA) is 51.4 Å². The number of hydrogen-bond donors (Lipinski definition) is 0. The molecule has 2 fully saturated rings. The highest BCUT2D eigenvalue weighted by molar-refractivity contribution is 5.29. The van der Waals surface area contributed by atoms with Gasteiger partial charge in [0, 0.05) is 31.0 Å². The van der Waals surface area contributed by atoms with Gasteiger partial charge in [-0.05, 0) is 12.8 Å². The van der Waals surface area contributed by atoms with Gasteiger partial charge < -0.3 is 14.2 Å². The number of hydrogen-bond acceptors (Lipinski definition) is 5. The van der Waals surface area contributed by atoms with Crippen molar-refractivity contribution >= 4 is 6.01 Å². The Morgan fingerprint density at radius 3 is 2.88 bits per heavy atom. The van der Waals surface area contributed by atoms with E-state index in [-0.39, 0.29) is 0 Å². The Hall–Kier alpha value is -1.10. The molecule has 0 aromatic carbocycles. The summed E-state index contributed by atoms with van der Waals surface area (Å²) >= 11 is 0. The van der Waals surface area contributed by atoms with Crippen LogP contribution >= 0.6 is 0 Å². The van der Waals surface area contributed by atoms with Gasteiger partial charge in [-0.25, -0.2) is 0 Å². The predicted molar refractivity (Wildman–Crippen MR) is 63.1 cm³/mol. The molecule has 0 amide bonds. The molecule has 2 aliphatic rings. The summed E-state index contributed by atoms with van der Waals surface area (Å²) in [4.78, 5) is 6.66. The molecule has 0 radical (unpaired) electrons. The zero-order chi connectivity index (χ0) is 11.9. The van der Waals surface area contributed by atoms with E-state index < -0.39 is 0 Å².